The van der Waals surface area contributed by atoms with Crippen LogP contribution in [0.5, 0.6) is 5.88 Å². The Morgan fingerprint density at radius 2 is 2.04 bits per heavy atom. The van der Waals surface area contributed by atoms with Crippen LogP contribution in [0.4, 0.5) is 5.82 Å². The molecule has 25 heavy (non-hydrogen) atoms. The lowest BCUT2D eigenvalue weighted by atomic mass is 9.96. The summed E-state index contributed by atoms with van der Waals surface area (Å²) in [4.78, 5) is 25.3. The molecule has 0 radical (unpaired) electrons. The first-order valence-corrected chi connectivity index (χ1v) is 8.57. The molecule has 1 aliphatic carbocycles. The molecule has 0 spiro atoms. The van der Waals surface area contributed by atoms with Gasteiger partial charge in [-0.1, -0.05) is 27.7 Å². The Balaban J connectivity index is 2.31. The summed E-state index contributed by atoms with van der Waals surface area (Å²) in [6, 6.07) is 0.0759. The van der Waals surface area contributed by atoms with Gasteiger partial charge in [0.15, 0.2) is 11.4 Å². The Morgan fingerprint density at radius 3 is 2.56 bits per heavy atom. The van der Waals surface area contributed by atoms with Crippen molar-refractivity contribution < 1.29 is 9.90 Å². The molecule has 0 aromatic carbocycles. The second-order valence-corrected chi connectivity index (χ2v) is 7.85. The third-order valence-corrected chi connectivity index (χ3v) is 4.25. The Labute approximate surface area is 145 Å². The lowest BCUT2D eigenvalue weighted by Crippen LogP contribution is -2.35. The topological polar surface area (TPSA) is 115 Å². The van der Waals surface area contributed by atoms with Gasteiger partial charge in [-0.25, -0.2) is 0 Å². The molecule has 0 atom stereocenters. The third kappa shape index (κ3) is 3.08. The average molecular weight is 347 g/mol. The van der Waals surface area contributed by atoms with E-state index in [9.17, 15) is 14.7 Å². The molecule has 136 valence electrons. The number of amides is 1. The highest BCUT2D eigenvalue weighted by atomic mass is 16.3. The Morgan fingerprint density at radius 1 is 1.40 bits per heavy atom. The molecule has 2 aromatic rings. The maximum Gasteiger partial charge on any atom is 0.291 e. The van der Waals surface area contributed by atoms with Crippen LogP contribution in [0.15, 0.2) is 4.79 Å². The summed E-state index contributed by atoms with van der Waals surface area (Å²) in [5.74, 6) is -0.664. The van der Waals surface area contributed by atoms with Gasteiger partial charge >= 0.3 is 0 Å². The van der Waals surface area contributed by atoms with Crippen LogP contribution in [0.1, 0.15) is 56.5 Å². The van der Waals surface area contributed by atoms with Crippen molar-refractivity contribution >= 4 is 17.4 Å². The number of nitrogens with two attached hydrogens (primary N) is 1. The predicted octanol–water partition coefficient (Wildman–Crippen LogP) is 1.28. The van der Waals surface area contributed by atoms with E-state index in [0.29, 0.717) is 24.2 Å². The second-order valence-electron chi connectivity index (χ2n) is 7.85. The quantitative estimate of drug-likeness (QED) is 0.771. The van der Waals surface area contributed by atoms with E-state index in [-0.39, 0.29) is 28.7 Å². The van der Waals surface area contributed by atoms with Gasteiger partial charge in [-0.15, -0.1) is 5.10 Å². The normalized spacial score (nSPS) is 14.9. The number of aryl methyl sites for hydroxylation is 1. The number of fused-ring (bicyclic) bond motifs is 1. The minimum atomic E-state index is -0.651. The fourth-order valence-electron chi connectivity index (χ4n) is 2.96. The summed E-state index contributed by atoms with van der Waals surface area (Å²) < 4.78 is 2.72. The van der Waals surface area contributed by atoms with E-state index in [1.54, 1.807) is 4.57 Å². The van der Waals surface area contributed by atoms with Crippen LogP contribution in [0.25, 0.3) is 5.65 Å². The van der Waals surface area contributed by atoms with E-state index < -0.39 is 11.5 Å². The molecule has 0 saturated heterocycles. The highest BCUT2D eigenvalue weighted by Crippen LogP contribution is 2.28. The van der Waals surface area contributed by atoms with Gasteiger partial charge in [0.1, 0.15) is 5.65 Å². The summed E-state index contributed by atoms with van der Waals surface area (Å²) >= 11 is 0. The fraction of sp³-hybridized carbons (Fsp3) is 0.588. The van der Waals surface area contributed by atoms with E-state index in [1.165, 1.54) is 0 Å². The summed E-state index contributed by atoms with van der Waals surface area (Å²) in [5, 5.41) is 17.7. The molecule has 2 heterocycles. The zero-order valence-corrected chi connectivity index (χ0v) is 15.1. The van der Waals surface area contributed by atoms with Crippen molar-refractivity contribution in [2.45, 2.75) is 59.5 Å². The van der Waals surface area contributed by atoms with E-state index >= 15 is 0 Å². The average Bonchev–Trinajstić information content (AvgIpc) is 3.23. The van der Waals surface area contributed by atoms with Crippen molar-refractivity contribution in [3.63, 3.8) is 0 Å². The Hall–Kier alpha value is -2.51. The predicted molar refractivity (Wildman–Crippen MR) is 94.9 cm³/mol. The molecule has 8 nitrogen and oxygen atoms in total. The smallest absolute Gasteiger partial charge is 0.291 e. The molecule has 0 unspecified atom stereocenters. The van der Waals surface area contributed by atoms with E-state index in [2.05, 4.69) is 10.4 Å². The lowest BCUT2D eigenvalue weighted by Gasteiger charge is -2.23. The number of anilines is 1. The van der Waals surface area contributed by atoms with Crippen LogP contribution in [0, 0.1) is 5.41 Å². The Kier molecular flexibility index (Phi) is 4.01. The van der Waals surface area contributed by atoms with Crippen LogP contribution in [0.2, 0.25) is 0 Å². The first-order valence-electron chi connectivity index (χ1n) is 8.57. The number of aromatic nitrogens is 3. The van der Waals surface area contributed by atoms with Crippen LogP contribution in [-0.4, -0.2) is 31.2 Å². The molecule has 1 amide bonds. The fourth-order valence-corrected chi connectivity index (χ4v) is 2.96. The van der Waals surface area contributed by atoms with Crippen LogP contribution in [-0.2, 0) is 13.0 Å². The first-order chi connectivity index (χ1) is 11.6. The summed E-state index contributed by atoms with van der Waals surface area (Å²) in [5.41, 5.74) is 5.97. The minimum absolute atomic E-state index is 0.0759. The first kappa shape index (κ1) is 17.3. The van der Waals surface area contributed by atoms with Gasteiger partial charge in [-0.05, 0) is 24.7 Å². The van der Waals surface area contributed by atoms with Crippen molar-refractivity contribution in [1.29, 1.82) is 0 Å². The molecule has 1 saturated carbocycles. The molecule has 0 aliphatic heterocycles. The number of nitrogen functional groups attached to an aromatic ring is 1. The van der Waals surface area contributed by atoms with Gasteiger partial charge in [0.2, 0.25) is 5.88 Å². The van der Waals surface area contributed by atoms with E-state index in [1.807, 2.05) is 27.7 Å². The number of carbonyl (C=O) groups is 1. The van der Waals surface area contributed by atoms with E-state index in [4.69, 9.17) is 5.73 Å². The summed E-state index contributed by atoms with van der Waals surface area (Å²) in [7, 11) is 0. The minimum Gasteiger partial charge on any atom is -0.494 e. The number of carbonyl (C=O) groups excluding carboxylic acids is 1. The van der Waals surface area contributed by atoms with Crippen molar-refractivity contribution in [1.82, 2.24) is 19.5 Å². The van der Waals surface area contributed by atoms with Gasteiger partial charge in [-0.2, -0.15) is 4.52 Å². The molecule has 1 aliphatic rings. The zero-order valence-electron chi connectivity index (χ0n) is 15.1. The summed E-state index contributed by atoms with van der Waals surface area (Å²) in [6.07, 6.45) is 2.34. The zero-order chi connectivity index (χ0) is 18.5. The van der Waals surface area contributed by atoms with Gasteiger partial charge < -0.3 is 16.2 Å². The number of hydrogen-bond donors (Lipinski definition) is 3. The molecule has 0 bridgehead atoms. The molecule has 1 fully saturated rings. The molecule has 3 rings (SSSR count). The van der Waals surface area contributed by atoms with Gasteiger partial charge in [0, 0.05) is 18.2 Å². The number of rotatable bonds is 4. The Bertz CT molecular complexity index is 900. The largest absolute Gasteiger partial charge is 0.494 e. The highest BCUT2D eigenvalue weighted by Gasteiger charge is 2.31. The number of aromatic hydroxyl groups is 1. The van der Waals surface area contributed by atoms with Gasteiger partial charge in [0.25, 0.3) is 11.5 Å². The maximum atomic E-state index is 12.8. The third-order valence-electron chi connectivity index (χ3n) is 4.25. The van der Waals surface area contributed by atoms with Crippen LogP contribution >= 0.6 is 0 Å². The van der Waals surface area contributed by atoms with Crippen molar-refractivity contribution in [3.05, 3.63) is 21.5 Å². The molecular weight excluding hydrogens is 322 g/mol. The number of hydrogen-bond acceptors (Lipinski definition) is 5. The molecule has 4 N–H and O–H groups in total. The van der Waals surface area contributed by atoms with Crippen molar-refractivity contribution in [3.8, 4) is 5.88 Å². The van der Waals surface area contributed by atoms with Crippen molar-refractivity contribution in [2.24, 2.45) is 5.41 Å². The van der Waals surface area contributed by atoms with Gasteiger partial charge in [-0.3, -0.25) is 14.2 Å². The van der Waals surface area contributed by atoms with E-state index in [0.717, 1.165) is 17.4 Å². The number of nitrogens with zero attached hydrogens (tertiary/aromatic N) is 3. The standard InChI is InChI=1S/C17H25N5O3/c1-5-10-12(18)20-22-14(10)21(8-17(2,3)4)15(24)11(16(22)25)13(23)19-9-6-7-9/h9,24H,5-8H2,1-4H3,(H2,18,20)(H,19,23). The van der Waals surface area contributed by atoms with Crippen molar-refractivity contribution in [2.75, 3.05) is 5.73 Å². The van der Waals surface area contributed by atoms with Crippen LogP contribution in [0.3, 0.4) is 0 Å². The lowest BCUT2D eigenvalue weighted by molar-refractivity contribution is 0.0944. The molecule has 8 heteroatoms. The number of nitrogens with one attached hydrogen (secondary N) is 1. The second kappa shape index (κ2) is 5.79. The molecular formula is C17H25N5O3. The monoisotopic (exact) mass is 347 g/mol. The SMILES string of the molecule is CCc1c(N)nn2c(=O)c(C(=O)NC3CC3)c(O)n(CC(C)(C)C)c12. The maximum absolute atomic E-state index is 12.8. The van der Waals surface area contributed by atoms with Gasteiger partial charge in [0.05, 0.1) is 0 Å². The van der Waals surface area contributed by atoms with Crippen LogP contribution < -0.4 is 16.6 Å². The summed E-state index contributed by atoms with van der Waals surface area (Å²) in [6.45, 7) is 8.34. The molecule has 2 aromatic heterocycles. The highest BCUT2D eigenvalue weighted by molar-refractivity contribution is 5.96.